The Bertz CT molecular complexity index is 797. The zero-order valence-corrected chi connectivity index (χ0v) is 17.8. The lowest BCUT2D eigenvalue weighted by Gasteiger charge is -2.29. The van der Waals surface area contributed by atoms with Crippen LogP contribution in [-0.4, -0.2) is 36.9 Å². The van der Waals surface area contributed by atoms with E-state index in [4.69, 9.17) is 0 Å². The molecule has 1 fully saturated rings. The highest BCUT2D eigenvalue weighted by molar-refractivity contribution is 7.08. The molecule has 1 atom stereocenters. The molecule has 0 spiro atoms. The van der Waals surface area contributed by atoms with Crippen molar-refractivity contribution in [1.82, 2.24) is 10.2 Å². The van der Waals surface area contributed by atoms with Crippen LogP contribution in [0.1, 0.15) is 38.7 Å². The summed E-state index contributed by atoms with van der Waals surface area (Å²) in [4.78, 5) is 27.6. The fourth-order valence-corrected chi connectivity index (χ4v) is 4.93. The Balaban J connectivity index is 1.78. The summed E-state index contributed by atoms with van der Waals surface area (Å²) >= 11 is 1.69. The first-order valence-corrected chi connectivity index (χ1v) is 11.1. The van der Waals surface area contributed by atoms with Crippen LogP contribution < -0.4 is 5.32 Å². The molecule has 1 aromatic carbocycles. The molecule has 1 aliphatic rings. The highest BCUT2D eigenvalue weighted by Crippen LogP contribution is 2.36. The lowest BCUT2D eigenvalue weighted by Crippen LogP contribution is -2.44. The first-order valence-electron chi connectivity index (χ1n) is 10.2. The van der Waals surface area contributed by atoms with Gasteiger partial charge in [0, 0.05) is 26.1 Å². The molecule has 28 heavy (non-hydrogen) atoms. The number of nitrogens with one attached hydrogen (secondary N) is 1. The van der Waals surface area contributed by atoms with E-state index in [1.165, 1.54) is 11.1 Å². The largest absolute Gasteiger partial charge is 0.359 e. The van der Waals surface area contributed by atoms with E-state index in [0.29, 0.717) is 25.9 Å². The summed E-state index contributed by atoms with van der Waals surface area (Å²) in [6.45, 7) is 5.29. The topological polar surface area (TPSA) is 49.4 Å². The fraction of sp³-hybridized carbons (Fsp3) is 0.478. The number of benzene rings is 1. The maximum atomic E-state index is 12.8. The van der Waals surface area contributed by atoms with Crippen LogP contribution in [0.2, 0.25) is 0 Å². The minimum Gasteiger partial charge on any atom is -0.359 e. The molecule has 1 unspecified atom stereocenters. The number of amides is 2. The Morgan fingerprint density at radius 2 is 1.86 bits per heavy atom. The van der Waals surface area contributed by atoms with Gasteiger partial charge in [-0.3, -0.25) is 9.59 Å². The first kappa shape index (κ1) is 20.6. The zero-order valence-electron chi connectivity index (χ0n) is 17.0. The van der Waals surface area contributed by atoms with E-state index in [1.54, 1.807) is 18.4 Å². The van der Waals surface area contributed by atoms with Crippen LogP contribution >= 0.6 is 11.3 Å². The molecule has 0 aliphatic carbocycles. The smallest absolute Gasteiger partial charge is 0.228 e. The number of rotatable bonds is 7. The molecule has 150 valence electrons. The molecule has 0 bridgehead atoms. The van der Waals surface area contributed by atoms with E-state index in [2.05, 4.69) is 60.3 Å². The van der Waals surface area contributed by atoms with Gasteiger partial charge >= 0.3 is 0 Å². The van der Waals surface area contributed by atoms with E-state index < -0.39 is 5.41 Å². The summed E-state index contributed by atoms with van der Waals surface area (Å²) in [7, 11) is 1.69. The average molecular weight is 399 g/mol. The Labute approximate surface area is 172 Å². The van der Waals surface area contributed by atoms with Crippen LogP contribution in [0.3, 0.4) is 0 Å². The van der Waals surface area contributed by atoms with Gasteiger partial charge < -0.3 is 10.2 Å². The van der Waals surface area contributed by atoms with Crippen molar-refractivity contribution in [3.63, 3.8) is 0 Å². The summed E-state index contributed by atoms with van der Waals surface area (Å²) in [5.74, 6) is 0.295. The molecule has 5 heteroatoms. The molecule has 0 radical (unpaired) electrons. The van der Waals surface area contributed by atoms with Gasteiger partial charge in [0.15, 0.2) is 0 Å². The highest BCUT2D eigenvalue weighted by Gasteiger charge is 2.46. The summed E-state index contributed by atoms with van der Waals surface area (Å²) in [5, 5.41) is 7.06. The van der Waals surface area contributed by atoms with Crippen molar-refractivity contribution in [2.45, 2.75) is 39.5 Å². The third kappa shape index (κ3) is 4.14. The number of thiophene rings is 1. The molecule has 1 saturated heterocycles. The SMILES string of the molecule is CCC(CC)C(=O)N1CCC(Cc2ccc(-c3ccsc3)cc2)(C(=O)NC)C1. The molecule has 2 heterocycles. The normalized spacial score (nSPS) is 19.2. The number of hydrogen-bond acceptors (Lipinski definition) is 3. The number of nitrogens with zero attached hydrogens (tertiary/aromatic N) is 1. The molecule has 2 aromatic rings. The predicted octanol–water partition coefficient (Wildman–Crippen LogP) is 4.36. The Hall–Kier alpha value is -2.14. The fourth-order valence-electron chi connectivity index (χ4n) is 4.27. The summed E-state index contributed by atoms with van der Waals surface area (Å²) in [6.07, 6.45) is 3.07. The number of carbonyl (C=O) groups is 2. The zero-order chi connectivity index (χ0) is 20.1. The van der Waals surface area contributed by atoms with Crippen molar-refractivity contribution in [1.29, 1.82) is 0 Å². The van der Waals surface area contributed by atoms with E-state index in [9.17, 15) is 9.59 Å². The van der Waals surface area contributed by atoms with Crippen molar-refractivity contribution in [2.75, 3.05) is 20.1 Å². The number of carbonyl (C=O) groups excluding carboxylic acids is 2. The van der Waals surface area contributed by atoms with E-state index in [1.807, 2.05) is 4.90 Å². The minimum absolute atomic E-state index is 0.0364. The first-order chi connectivity index (χ1) is 13.5. The molecule has 3 rings (SSSR count). The summed E-state index contributed by atoms with van der Waals surface area (Å²) in [5.41, 5.74) is 3.01. The Kier molecular flexibility index (Phi) is 6.55. The van der Waals surface area contributed by atoms with Gasteiger partial charge in [0.25, 0.3) is 0 Å². The van der Waals surface area contributed by atoms with E-state index >= 15 is 0 Å². The minimum atomic E-state index is -0.541. The van der Waals surface area contributed by atoms with Gasteiger partial charge in [-0.25, -0.2) is 0 Å². The highest BCUT2D eigenvalue weighted by atomic mass is 32.1. The van der Waals surface area contributed by atoms with Crippen LogP contribution in [0.4, 0.5) is 0 Å². The Morgan fingerprint density at radius 1 is 1.14 bits per heavy atom. The van der Waals surface area contributed by atoms with Crippen molar-refractivity contribution in [3.8, 4) is 11.1 Å². The average Bonchev–Trinajstić information content (AvgIpc) is 3.40. The molecular formula is C23H30N2O2S. The van der Waals surface area contributed by atoms with Crippen molar-refractivity contribution >= 4 is 23.2 Å². The van der Waals surface area contributed by atoms with Gasteiger partial charge in [-0.15, -0.1) is 0 Å². The van der Waals surface area contributed by atoms with Crippen molar-refractivity contribution < 1.29 is 9.59 Å². The van der Waals surface area contributed by atoms with Gasteiger partial charge in [-0.2, -0.15) is 11.3 Å². The molecule has 4 nitrogen and oxygen atoms in total. The van der Waals surface area contributed by atoms with Crippen LogP contribution in [0.25, 0.3) is 11.1 Å². The van der Waals surface area contributed by atoms with Crippen LogP contribution in [0.5, 0.6) is 0 Å². The van der Waals surface area contributed by atoms with Crippen LogP contribution in [0.15, 0.2) is 41.1 Å². The van der Waals surface area contributed by atoms with Gasteiger partial charge in [-0.05, 0) is 59.2 Å². The van der Waals surface area contributed by atoms with Gasteiger partial charge in [0.05, 0.1) is 5.41 Å². The summed E-state index contributed by atoms with van der Waals surface area (Å²) < 4.78 is 0. The lowest BCUT2D eigenvalue weighted by atomic mass is 9.79. The molecular weight excluding hydrogens is 368 g/mol. The van der Waals surface area contributed by atoms with Gasteiger partial charge in [0.2, 0.25) is 11.8 Å². The summed E-state index contributed by atoms with van der Waals surface area (Å²) in [6, 6.07) is 10.6. The second kappa shape index (κ2) is 8.91. The maximum Gasteiger partial charge on any atom is 0.228 e. The standard InChI is InChI=1S/C23H30N2O2S/c1-4-18(5-2)21(26)25-12-11-23(16-25,22(27)24-3)14-17-6-8-19(9-7-17)20-10-13-28-15-20/h6-10,13,15,18H,4-5,11-12,14,16H2,1-3H3,(H,24,27). The van der Waals surface area contributed by atoms with Crippen LogP contribution in [0, 0.1) is 11.3 Å². The molecule has 2 amide bonds. The molecule has 0 saturated carbocycles. The van der Waals surface area contributed by atoms with Crippen molar-refractivity contribution in [2.24, 2.45) is 11.3 Å². The lowest BCUT2D eigenvalue weighted by molar-refractivity contribution is -0.136. The predicted molar refractivity (Wildman–Crippen MR) is 115 cm³/mol. The second-order valence-electron chi connectivity index (χ2n) is 7.77. The monoisotopic (exact) mass is 398 g/mol. The quantitative estimate of drug-likeness (QED) is 0.753. The molecule has 1 N–H and O–H groups in total. The molecule has 1 aliphatic heterocycles. The van der Waals surface area contributed by atoms with Crippen LogP contribution in [-0.2, 0) is 16.0 Å². The van der Waals surface area contributed by atoms with Crippen molar-refractivity contribution in [3.05, 3.63) is 46.7 Å². The third-order valence-electron chi connectivity index (χ3n) is 6.06. The Morgan fingerprint density at radius 3 is 2.43 bits per heavy atom. The molecule has 1 aromatic heterocycles. The maximum absolute atomic E-state index is 12.8. The third-order valence-corrected chi connectivity index (χ3v) is 6.74. The number of hydrogen-bond donors (Lipinski definition) is 1. The van der Waals surface area contributed by atoms with Gasteiger partial charge in [0.1, 0.15) is 0 Å². The van der Waals surface area contributed by atoms with E-state index in [0.717, 1.165) is 18.4 Å². The van der Waals surface area contributed by atoms with Gasteiger partial charge in [-0.1, -0.05) is 38.1 Å². The van der Waals surface area contributed by atoms with E-state index in [-0.39, 0.29) is 17.7 Å². The number of likely N-dealkylation sites (tertiary alicyclic amines) is 1. The second-order valence-corrected chi connectivity index (χ2v) is 8.55.